The minimum atomic E-state index is -0.796. The average Bonchev–Trinajstić information content (AvgIpc) is 2.75. The number of carbonyl (C=O) groups is 1. The molecule has 1 fully saturated rings. The Bertz CT molecular complexity index is 1230. The highest BCUT2D eigenvalue weighted by Gasteiger charge is 2.24. The number of aromatic nitrogens is 4. The van der Waals surface area contributed by atoms with E-state index < -0.39 is 17.1 Å². The van der Waals surface area contributed by atoms with Gasteiger partial charge in [-0.3, -0.25) is 9.78 Å². The number of halogens is 1. The van der Waals surface area contributed by atoms with Gasteiger partial charge in [0.15, 0.2) is 5.65 Å². The van der Waals surface area contributed by atoms with Crippen molar-refractivity contribution in [2.45, 2.75) is 25.8 Å². The zero-order valence-corrected chi connectivity index (χ0v) is 16.8. The predicted molar refractivity (Wildman–Crippen MR) is 111 cm³/mol. The van der Waals surface area contributed by atoms with Crippen molar-refractivity contribution in [3.63, 3.8) is 0 Å². The van der Waals surface area contributed by atoms with Gasteiger partial charge in [-0.25, -0.2) is 23.5 Å². The van der Waals surface area contributed by atoms with Crippen LogP contribution in [0.3, 0.4) is 0 Å². The minimum absolute atomic E-state index is 0.0219. The highest BCUT2D eigenvalue weighted by atomic mass is 19.1. The van der Waals surface area contributed by atoms with Gasteiger partial charge < -0.3 is 15.0 Å². The third-order valence-corrected chi connectivity index (χ3v) is 5.10. The summed E-state index contributed by atoms with van der Waals surface area (Å²) in [5.41, 5.74) is -1.59. The number of hydrogen-bond donors (Lipinski definition) is 2. The van der Waals surface area contributed by atoms with E-state index in [2.05, 4.69) is 20.3 Å². The normalized spacial score (nSPS) is 14.6. The van der Waals surface area contributed by atoms with Crippen LogP contribution in [0.15, 0.2) is 40.1 Å². The third-order valence-electron chi connectivity index (χ3n) is 5.10. The lowest BCUT2D eigenvalue weighted by Gasteiger charge is -2.31. The smallest absolute Gasteiger partial charge is 0.409 e. The Morgan fingerprint density at radius 2 is 2.03 bits per heavy atom. The Morgan fingerprint density at radius 1 is 1.29 bits per heavy atom. The number of H-pyrrole nitrogens is 1. The van der Waals surface area contributed by atoms with Crippen LogP contribution in [0.2, 0.25) is 0 Å². The van der Waals surface area contributed by atoms with Gasteiger partial charge in [0.25, 0.3) is 5.56 Å². The van der Waals surface area contributed by atoms with Crippen molar-refractivity contribution < 1.29 is 13.9 Å². The number of likely N-dealkylation sites (tertiary alicyclic amines) is 1. The van der Waals surface area contributed by atoms with Crippen LogP contribution >= 0.6 is 0 Å². The van der Waals surface area contributed by atoms with Crippen LogP contribution in [0.4, 0.5) is 15.1 Å². The molecule has 0 aliphatic carbocycles. The molecule has 1 aromatic carbocycles. The van der Waals surface area contributed by atoms with Crippen molar-refractivity contribution in [2.24, 2.45) is 0 Å². The fraction of sp³-hybridized carbons (Fsp3) is 0.350. The molecule has 2 N–H and O–H groups in total. The highest BCUT2D eigenvalue weighted by molar-refractivity contribution is 5.73. The van der Waals surface area contributed by atoms with Crippen molar-refractivity contribution >= 4 is 23.1 Å². The largest absolute Gasteiger partial charge is 0.450 e. The molecule has 0 bridgehead atoms. The van der Waals surface area contributed by atoms with Crippen LogP contribution in [0.1, 0.15) is 19.8 Å². The molecule has 31 heavy (non-hydrogen) atoms. The molecule has 1 aliphatic heterocycles. The number of para-hydroxylation sites is 1. The molecule has 1 aliphatic rings. The number of piperidine rings is 1. The molecule has 1 saturated heterocycles. The zero-order chi connectivity index (χ0) is 22.0. The number of nitrogens with zero attached hydrogens (tertiary/aromatic N) is 4. The summed E-state index contributed by atoms with van der Waals surface area (Å²) >= 11 is 0. The maximum Gasteiger partial charge on any atom is 0.409 e. The lowest BCUT2D eigenvalue weighted by molar-refractivity contribution is 0.0983. The van der Waals surface area contributed by atoms with Crippen LogP contribution < -0.4 is 16.6 Å². The molecule has 0 radical (unpaired) electrons. The summed E-state index contributed by atoms with van der Waals surface area (Å²) in [7, 11) is 0. The molecule has 10 nitrogen and oxygen atoms in total. The summed E-state index contributed by atoms with van der Waals surface area (Å²) in [5, 5.41) is 3.23. The summed E-state index contributed by atoms with van der Waals surface area (Å²) in [6, 6.07) is 5.54. The number of nitrogens with one attached hydrogen (secondary N) is 2. The van der Waals surface area contributed by atoms with Crippen LogP contribution in [0, 0.1) is 5.82 Å². The molecule has 1 amide bonds. The summed E-state index contributed by atoms with van der Waals surface area (Å²) in [6.07, 6.45) is 2.32. The molecule has 0 unspecified atom stereocenters. The van der Waals surface area contributed by atoms with E-state index in [4.69, 9.17) is 4.74 Å². The number of anilines is 1. The van der Waals surface area contributed by atoms with E-state index in [0.717, 1.165) is 4.57 Å². The first-order chi connectivity index (χ1) is 15.0. The predicted octanol–water partition coefficient (Wildman–Crippen LogP) is 1.64. The second kappa shape index (κ2) is 8.54. The van der Waals surface area contributed by atoms with E-state index in [1.807, 2.05) is 0 Å². The number of fused-ring (bicyclic) bond motifs is 1. The molecular weight excluding hydrogens is 407 g/mol. The molecular formula is C20H21FN6O4. The number of ether oxygens (including phenoxy) is 1. The molecule has 0 spiro atoms. The Balaban J connectivity index is 1.55. The molecule has 2 aromatic heterocycles. The Labute approximate surface area is 175 Å². The molecule has 11 heteroatoms. The van der Waals surface area contributed by atoms with Crippen LogP contribution in [-0.4, -0.2) is 56.3 Å². The summed E-state index contributed by atoms with van der Waals surface area (Å²) in [6.45, 7) is 3.17. The Morgan fingerprint density at radius 3 is 2.74 bits per heavy atom. The molecule has 3 heterocycles. The van der Waals surface area contributed by atoms with Crippen LogP contribution in [0.5, 0.6) is 0 Å². The highest BCUT2D eigenvalue weighted by Crippen LogP contribution is 2.16. The van der Waals surface area contributed by atoms with E-state index in [-0.39, 0.29) is 34.8 Å². The summed E-state index contributed by atoms with van der Waals surface area (Å²) in [4.78, 5) is 49.6. The maximum absolute atomic E-state index is 14.1. The van der Waals surface area contributed by atoms with Crippen molar-refractivity contribution in [3.8, 4) is 5.69 Å². The van der Waals surface area contributed by atoms with Gasteiger partial charge >= 0.3 is 11.8 Å². The monoisotopic (exact) mass is 428 g/mol. The fourth-order valence-corrected chi connectivity index (χ4v) is 3.53. The van der Waals surface area contributed by atoms with Gasteiger partial charge in [0, 0.05) is 25.3 Å². The molecule has 3 aromatic rings. The lowest BCUT2D eigenvalue weighted by Crippen LogP contribution is -2.42. The summed E-state index contributed by atoms with van der Waals surface area (Å²) in [5.74, 6) is -0.441. The first-order valence-electron chi connectivity index (χ1n) is 9.93. The van der Waals surface area contributed by atoms with Gasteiger partial charge in [0.1, 0.15) is 11.2 Å². The first kappa shape index (κ1) is 20.5. The quantitative estimate of drug-likeness (QED) is 0.648. The Hall–Kier alpha value is -3.76. The number of amides is 1. The van der Waals surface area contributed by atoms with Crippen molar-refractivity contribution in [2.75, 3.05) is 25.0 Å². The first-order valence-corrected chi connectivity index (χ1v) is 9.93. The topological polar surface area (TPSA) is 122 Å². The summed E-state index contributed by atoms with van der Waals surface area (Å²) < 4.78 is 19.8. The number of carbonyl (C=O) groups excluding carboxylic acids is 1. The van der Waals surface area contributed by atoms with Crippen molar-refractivity contribution in [1.29, 1.82) is 0 Å². The van der Waals surface area contributed by atoms with Crippen molar-refractivity contribution in [1.82, 2.24) is 24.4 Å². The standard InChI is InChI=1S/C20H21FN6O4/c1-2-31-20(30)26-9-7-12(8-10-26)23-18-22-11-13-16(24-18)25-19(29)27(17(13)28)15-6-4-3-5-14(15)21/h3-6,11-12H,2,7-10H2,1H3,(H2,22,23,24,25,29). The molecule has 162 valence electrons. The lowest BCUT2D eigenvalue weighted by atomic mass is 10.1. The SMILES string of the molecule is CCOC(=O)N1CCC(Nc2ncc3c(=O)n(-c4ccccc4F)c(=O)[nH]c3n2)CC1. The van der Waals surface area contributed by atoms with E-state index in [0.29, 0.717) is 32.5 Å². The number of rotatable bonds is 4. The van der Waals surface area contributed by atoms with E-state index in [9.17, 15) is 18.8 Å². The molecule has 0 saturated carbocycles. The third kappa shape index (κ3) is 4.11. The second-order valence-corrected chi connectivity index (χ2v) is 7.08. The van der Waals surface area contributed by atoms with Gasteiger partial charge in [-0.2, -0.15) is 4.98 Å². The zero-order valence-electron chi connectivity index (χ0n) is 16.8. The molecule has 4 rings (SSSR count). The fourth-order valence-electron chi connectivity index (χ4n) is 3.53. The second-order valence-electron chi connectivity index (χ2n) is 7.08. The number of hydrogen-bond acceptors (Lipinski definition) is 7. The van der Waals surface area contributed by atoms with Gasteiger partial charge in [0.2, 0.25) is 5.95 Å². The maximum atomic E-state index is 14.1. The van der Waals surface area contributed by atoms with Gasteiger partial charge in [-0.05, 0) is 31.9 Å². The molecule has 0 atom stereocenters. The van der Waals surface area contributed by atoms with Crippen LogP contribution in [-0.2, 0) is 4.74 Å². The van der Waals surface area contributed by atoms with Gasteiger partial charge in [-0.15, -0.1) is 0 Å². The van der Waals surface area contributed by atoms with Crippen molar-refractivity contribution in [3.05, 3.63) is 57.1 Å². The van der Waals surface area contributed by atoms with Crippen LogP contribution in [0.25, 0.3) is 16.7 Å². The van der Waals surface area contributed by atoms with Gasteiger partial charge in [0.05, 0.1) is 12.3 Å². The van der Waals surface area contributed by atoms with E-state index >= 15 is 0 Å². The van der Waals surface area contributed by atoms with Gasteiger partial charge in [-0.1, -0.05) is 12.1 Å². The van der Waals surface area contributed by atoms with E-state index in [1.54, 1.807) is 11.8 Å². The van der Waals surface area contributed by atoms with E-state index in [1.165, 1.54) is 30.5 Å². The minimum Gasteiger partial charge on any atom is -0.450 e. The number of benzene rings is 1. The number of aromatic amines is 1. The average molecular weight is 428 g/mol. The Kier molecular flexibility index (Phi) is 5.65.